The number of aromatic hydroxyl groups is 1. The Hall–Kier alpha value is -3.47. The van der Waals surface area contributed by atoms with Crippen molar-refractivity contribution in [1.82, 2.24) is 4.90 Å². The Balaban J connectivity index is 1.75. The Morgan fingerprint density at radius 1 is 1.17 bits per heavy atom. The highest BCUT2D eigenvalue weighted by Gasteiger charge is 2.64. The molecule has 0 spiro atoms. The monoisotopic (exact) mass is 496 g/mol. The summed E-state index contributed by atoms with van der Waals surface area (Å²) in [7, 11) is 3.14. The first-order valence-corrected chi connectivity index (χ1v) is 12.0. The normalized spacial score (nSPS) is 28.2. The zero-order valence-electron chi connectivity index (χ0n) is 19.0. The molecule has 1 aromatic carbocycles. The maximum atomic E-state index is 13.8. The molecule has 1 heterocycles. The molecule has 5 rings (SSSR count). The molecular formula is C25H24N2O7S. The first-order valence-electron chi connectivity index (χ1n) is 11.0. The molecule has 4 atom stereocenters. The number of aliphatic hydroxyl groups is 3. The summed E-state index contributed by atoms with van der Waals surface area (Å²) in [5, 5.41) is 48.1. The first-order chi connectivity index (χ1) is 16.5. The number of likely N-dealkylation sites (N-methyl/N-ethyl adjacent to an activating group) is 1. The van der Waals surface area contributed by atoms with Crippen LogP contribution in [-0.4, -0.2) is 68.5 Å². The number of ketones is 2. The summed E-state index contributed by atoms with van der Waals surface area (Å²) in [6.45, 7) is 0. The van der Waals surface area contributed by atoms with E-state index < -0.39 is 58.0 Å². The number of Topliss-reactive ketones (excluding diaryl/α,β-unsaturated/α-hetero) is 2. The Labute approximate surface area is 204 Å². The average Bonchev–Trinajstić information content (AvgIpc) is 3.30. The molecule has 10 heteroatoms. The van der Waals surface area contributed by atoms with Gasteiger partial charge in [-0.25, -0.2) is 0 Å². The number of rotatable bonds is 3. The summed E-state index contributed by atoms with van der Waals surface area (Å²) in [5.74, 6) is -6.55. The van der Waals surface area contributed by atoms with E-state index in [9.17, 15) is 34.8 Å². The van der Waals surface area contributed by atoms with E-state index in [-0.39, 0.29) is 29.7 Å². The fraction of sp³-hybridized carbons (Fsp3) is 0.320. The van der Waals surface area contributed by atoms with Gasteiger partial charge in [0.05, 0.1) is 11.6 Å². The zero-order chi connectivity index (χ0) is 25.4. The fourth-order valence-electron chi connectivity index (χ4n) is 5.93. The van der Waals surface area contributed by atoms with Crippen LogP contribution in [0.1, 0.15) is 17.5 Å². The second kappa shape index (κ2) is 7.77. The summed E-state index contributed by atoms with van der Waals surface area (Å²) in [6.07, 6.45) is 0.318. The van der Waals surface area contributed by atoms with Crippen molar-refractivity contribution in [2.45, 2.75) is 24.5 Å². The van der Waals surface area contributed by atoms with Gasteiger partial charge in [0, 0.05) is 11.5 Å². The van der Waals surface area contributed by atoms with E-state index in [0.29, 0.717) is 5.56 Å². The van der Waals surface area contributed by atoms with Crippen molar-refractivity contribution in [2.75, 3.05) is 14.1 Å². The van der Waals surface area contributed by atoms with E-state index >= 15 is 0 Å². The Bertz CT molecular complexity index is 1360. The van der Waals surface area contributed by atoms with Crippen LogP contribution in [0, 0.1) is 11.8 Å². The number of phenols is 1. The van der Waals surface area contributed by atoms with Crippen molar-refractivity contribution in [3.8, 4) is 16.9 Å². The smallest absolute Gasteiger partial charge is 0.255 e. The number of hydrogen-bond acceptors (Lipinski definition) is 9. The minimum Gasteiger partial charge on any atom is -0.508 e. The maximum Gasteiger partial charge on any atom is 0.255 e. The molecule has 6 N–H and O–H groups in total. The van der Waals surface area contributed by atoms with Gasteiger partial charge in [-0.2, -0.15) is 11.3 Å². The van der Waals surface area contributed by atoms with Gasteiger partial charge in [0.1, 0.15) is 22.8 Å². The highest BCUT2D eigenvalue weighted by atomic mass is 32.1. The summed E-state index contributed by atoms with van der Waals surface area (Å²) in [4.78, 5) is 40.4. The van der Waals surface area contributed by atoms with Gasteiger partial charge < -0.3 is 26.2 Å². The Kier molecular flexibility index (Phi) is 5.17. The minimum atomic E-state index is -2.63. The lowest BCUT2D eigenvalue weighted by atomic mass is 9.57. The molecule has 0 bridgehead atoms. The second-order valence-electron chi connectivity index (χ2n) is 9.46. The maximum absolute atomic E-state index is 13.8. The number of phenolic OH excluding ortho intramolecular Hbond substituents is 1. The predicted octanol–water partition coefficient (Wildman–Crippen LogP) is 1.69. The van der Waals surface area contributed by atoms with Crippen molar-refractivity contribution < 1.29 is 34.8 Å². The van der Waals surface area contributed by atoms with E-state index in [1.54, 1.807) is 20.2 Å². The number of aliphatic hydroxyl groups excluding tert-OH is 2. The fourth-order valence-corrected chi connectivity index (χ4v) is 6.59. The van der Waals surface area contributed by atoms with E-state index in [2.05, 4.69) is 0 Å². The summed E-state index contributed by atoms with van der Waals surface area (Å²) in [6, 6.07) is 3.98. The van der Waals surface area contributed by atoms with Crippen LogP contribution in [0.4, 0.5) is 0 Å². The number of hydrogen-bond donors (Lipinski definition) is 5. The van der Waals surface area contributed by atoms with E-state index in [0.717, 1.165) is 11.1 Å². The highest BCUT2D eigenvalue weighted by molar-refractivity contribution is 7.08. The van der Waals surface area contributed by atoms with E-state index in [4.69, 9.17) is 5.73 Å². The standard InChI is InChI=1S/C25H24N2O7S/c1-27(2)19-14-8-11-7-13-12(10-5-6-35-9-10)3-4-15(28)17(13)20(29)16(11)22(31)25(14,34)23(32)18(21(19)30)24(26)33/h3-6,9,11,14,19,28-29,32,34H,7-8H2,1-2H3,(H2,26,33)/t11-,14-,19+,25+/m0/s1. The Morgan fingerprint density at radius 2 is 1.89 bits per heavy atom. The molecule has 0 unspecified atom stereocenters. The number of carbonyl (C=O) groups excluding carboxylic acids is 3. The van der Waals surface area contributed by atoms with Crippen molar-refractivity contribution in [3.63, 3.8) is 0 Å². The summed E-state index contributed by atoms with van der Waals surface area (Å²) in [5.41, 5.74) is 4.14. The molecule has 3 aliphatic rings. The molecule has 9 nitrogen and oxygen atoms in total. The number of primary amides is 1. The minimum absolute atomic E-state index is 0.0600. The van der Waals surface area contributed by atoms with E-state index in [1.807, 2.05) is 16.8 Å². The molecule has 0 saturated heterocycles. The van der Waals surface area contributed by atoms with Crippen molar-refractivity contribution >= 4 is 34.6 Å². The number of thiophene rings is 1. The van der Waals surface area contributed by atoms with Crippen LogP contribution in [0.5, 0.6) is 5.75 Å². The number of benzene rings is 1. The molecule has 1 fully saturated rings. The van der Waals surface area contributed by atoms with Crippen LogP contribution in [0.3, 0.4) is 0 Å². The summed E-state index contributed by atoms with van der Waals surface area (Å²) < 4.78 is 0. The van der Waals surface area contributed by atoms with Crippen LogP contribution >= 0.6 is 11.3 Å². The number of fused-ring (bicyclic) bond motifs is 3. The number of nitrogens with two attached hydrogens (primary N) is 1. The number of amides is 1. The van der Waals surface area contributed by atoms with Gasteiger partial charge in [-0.1, -0.05) is 6.07 Å². The molecule has 1 amide bonds. The molecule has 1 aromatic heterocycles. The third-order valence-electron chi connectivity index (χ3n) is 7.44. The lowest BCUT2D eigenvalue weighted by molar-refractivity contribution is -0.153. The molecular weight excluding hydrogens is 472 g/mol. The molecule has 182 valence electrons. The molecule has 2 aromatic rings. The third-order valence-corrected chi connectivity index (χ3v) is 8.12. The van der Waals surface area contributed by atoms with Crippen LogP contribution in [0.15, 0.2) is 45.9 Å². The lowest BCUT2D eigenvalue weighted by Crippen LogP contribution is -2.65. The van der Waals surface area contributed by atoms with Crippen LogP contribution in [-0.2, 0) is 20.8 Å². The SMILES string of the molecule is CN(C)[C@H]1C(=O)C(C(N)=O)=C(O)[C@]2(O)C(=O)C3=C(O)c4c(O)ccc(-c5ccsc5)c4C[C@H]3C[C@@H]12. The Morgan fingerprint density at radius 3 is 2.49 bits per heavy atom. The van der Waals surface area contributed by atoms with Gasteiger partial charge >= 0.3 is 0 Å². The van der Waals surface area contributed by atoms with Gasteiger partial charge in [0.2, 0.25) is 5.78 Å². The third kappa shape index (κ3) is 3.03. The topological polar surface area (TPSA) is 161 Å². The lowest BCUT2D eigenvalue weighted by Gasteiger charge is -2.50. The quantitative estimate of drug-likeness (QED) is 0.401. The number of nitrogens with zero attached hydrogens (tertiary/aromatic N) is 1. The molecule has 0 radical (unpaired) electrons. The molecule has 3 aliphatic carbocycles. The summed E-state index contributed by atoms with van der Waals surface area (Å²) >= 11 is 1.50. The van der Waals surface area contributed by atoms with Crippen LogP contribution in [0.25, 0.3) is 16.9 Å². The van der Waals surface area contributed by atoms with E-state index in [1.165, 1.54) is 22.3 Å². The molecule has 1 saturated carbocycles. The number of carbonyl (C=O) groups is 3. The average molecular weight is 497 g/mol. The zero-order valence-corrected chi connectivity index (χ0v) is 19.8. The van der Waals surface area contributed by atoms with Crippen LogP contribution < -0.4 is 5.73 Å². The highest BCUT2D eigenvalue weighted by Crippen LogP contribution is 2.53. The second-order valence-corrected chi connectivity index (χ2v) is 10.2. The first kappa shape index (κ1) is 23.3. The van der Waals surface area contributed by atoms with Gasteiger partial charge in [0.25, 0.3) is 5.91 Å². The van der Waals surface area contributed by atoms with Crippen molar-refractivity contribution in [1.29, 1.82) is 0 Å². The van der Waals surface area contributed by atoms with Gasteiger partial charge in [-0.05, 0) is 72.4 Å². The van der Waals surface area contributed by atoms with Gasteiger partial charge in [0.15, 0.2) is 11.4 Å². The van der Waals surface area contributed by atoms with Gasteiger partial charge in [-0.15, -0.1) is 0 Å². The van der Waals surface area contributed by atoms with Crippen molar-refractivity contribution in [3.05, 3.63) is 57.0 Å². The van der Waals surface area contributed by atoms with Crippen molar-refractivity contribution in [2.24, 2.45) is 17.6 Å². The van der Waals surface area contributed by atoms with Crippen LogP contribution in [0.2, 0.25) is 0 Å². The molecule has 35 heavy (non-hydrogen) atoms. The predicted molar refractivity (Wildman–Crippen MR) is 128 cm³/mol. The largest absolute Gasteiger partial charge is 0.508 e. The molecule has 0 aliphatic heterocycles. The van der Waals surface area contributed by atoms with Gasteiger partial charge in [-0.3, -0.25) is 19.3 Å².